The van der Waals surface area contributed by atoms with Gasteiger partial charge < -0.3 is 15.4 Å². The van der Waals surface area contributed by atoms with Gasteiger partial charge in [0.05, 0.1) is 19.0 Å². The van der Waals surface area contributed by atoms with E-state index in [1.165, 1.54) is 7.11 Å². The van der Waals surface area contributed by atoms with Gasteiger partial charge in [-0.25, -0.2) is 14.4 Å². The molecule has 1 fully saturated rings. The van der Waals surface area contributed by atoms with Gasteiger partial charge in [0, 0.05) is 11.3 Å². The molecule has 3 aromatic rings. The molecule has 0 saturated heterocycles. The topological polar surface area (TPSA) is 99.9 Å². The Balaban J connectivity index is 1.59. The van der Waals surface area contributed by atoms with Crippen LogP contribution in [0.2, 0.25) is 0 Å². The largest absolute Gasteiger partial charge is 0.495 e. The third-order valence-electron chi connectivity index (χ3n) is 4.88. The molecule has 0 radical (unpaired) electrons. The minimum atomic E-state index is -0.541. The molecule has 0 atom stereocenters. The maximum atomic E-state index is 14.3. The van der Waals surface area contributed by atoms with Gasteiger partial charge in [-0.05, 0) is 37.0 Å². The van der Waals surface area contributed by atoms with E-state index >= 15 is 0 Å². The molecule has 2 N–H and O–H groups in total. The lowest BCUT2D eigenvalue weighted by molar-refractivity contribution is -0.112. The summed E-state index contributed by atoms with van der Waals surface area (Å²) in [6, 6.07) is 15.9. The van der Waals surface area contributed by atoms with Gasteiger partial charge in [-0.1, -0.05) is 36.4 Å². The van der Waals surface area contributed by atoms with Gasteiger partial charge in [0.2, 0.25) is 5.95 Å². The molecule has 160 valence electrons. The van der Waals surface area contributed by atoms with E-state index in [9.17, 15) is 14.4 Å². The second-order valence-electron chi connectivity index (χ2n) is 7.28. The Labute approximate surface area is 184 Å². The summed E-state index contributed by atoms with van der Waals surface area (Å²) in [4.78, 5) is 20.8. The van der Waals surface area contributed by atoms with Crippen LogP contribution in [0.4, 0.5) is 21.7 Å². The van der Waals surface area contributed by atoms with Crippen molar-refractivity contribution in [2.75, 3.05) is 17.7 Å². The average Bonchev–Trinajstić information content (AvgIpc) is 3.64. The first-order valence-corrected chi connectivity index (χ1v) is 10.0. The van der Waals surface area contributed by atoms with Crippen LogP contribution in [-0.2, 0) is 4.79 Å². The number of aromatic nitrogens is 2. The van der Waals surface area contributed by atoms with Crippen LogP contribution < -0.4 is 15.4 Å². The standard InChI is InChI=1S/C24H20FN5O2/c1-32-21-10-9-18(28-23(31)17(13-26)11-15-7-8-15)12-20(21)29-24-27-14-19(25)22(30-24)16-5-3-2-4-6-16/h2-6,9-12,14-15H,7-8H2,1H3,(H,28,31)(H,27,29,30)/b17-11-. The van der Waals surface area contributed by atoms with Gasteiger partial charge in [-0.3, -0.25) is 4.79 Å². The fraction of sp³-hybridized carbons (Fsp3) is 0.167. The maximum Gasteiger partial charge on any atom is 0.265 e. The van der Waals surface area contributed by atoms with Crippen molar-refractivity contribution >= 4 is 23.2 Å². The number of methoxy groups -OCH3 is 1. The Bertz CT molecular complexity index is 1220. The molecule has 2 aromatic carbocycles. The number of carbonyl (C=O) groups is 1. The van der Waals surface area contributed by atoms with E-state index in [0.29, 0.717) is 28.6 Å². The van der Waals surface area contributed by atoms with Gasteiger partial charge in [-0.2, -0.15) is 5.26 Å². The number of anilines is 3. The number of nitrogens with one attached hydrogen (secondary N) is 2. The number of halogens is 1. The zero-order valence-corrected chi connectivity index (χ0v) is 17.3. The fourth-order valence-electron chi connectivity index (χ4n) is 3.09. The lowest BCUT2D eigenvalue weighted by Gasteiger charge is -2.13. The Hall–Kier alpha value is -4.25. The molecule has 1 amide bonds. The second-order valence-corrected chi connectivity index (χ2v) is 7.28. The van der Waals surface area contributed by atoms with Gasteiger partial charge in [0.1, 0.15) is 23.1 Å². The number of rotatable bonds is 7. The molecule has 32 heavy (non-hydrogen) atoms. The highest BCUT2D eigenvalue weighted by molar-refractivity contribution is 6.06. The summed E-state index contributed by atoms with van der Waals surface area (Å²) in [6.45, 7) is 0. The zero-order valence-electron chi connectivity index (χ0n) is 17.3. The van der Waals surface area contributed by atoms with E-state index in [2.05, 4.69) is 20.6 Å². The molecule has 1 saturated carbocycles. The Morgan fingerprint density at radius 3 is 2.72 bits per heavy atom. The van der Waals surface area contributed by atoms with E-state index in [0.717, 1.165) is 19.0 Å². The minimum absolute atomic E-state index is 0.0900. The van der Waals surface area contributed by atoms with Crippen LogP contribution in [0, 0.1) is 23.1 Å². The summed E-state index contributed by atoms with van der Waals surface area (Å²) in [5.74, 6) is -0.0661. The number of benzene rings is 2. The molecule has 4 rings (SSSR count). The van der Waals surface area contributed by atoms with E-state index in [1.54, 1.807) is 48.5 Å². The van der Waals surface area contributed by atoms with Gasteiger partial charge in [0.25, 0.3) is 5.91 Å². The van der Waals surface area contributed by atoms with Crippen molar-refractivity contribution in [2.45, 2.75) is 12.8 Å². The highest BCUT2D eigenvalue weighted by atomic mass is 19.1. The Kier molecular flexibility index (Phi) is 6.08. The number of carbonyl (C=O) groups excluding carboxylic acids is 1. The van der Waals surface area contributed by atoms with Crippen LogP contribution in [0.15, 0.2) is 66.4 Å². The SMILES string of the molecule is COc1ccc(NC(=O)/C(C#N)=C\C2CC2)cc1Nc1ncc(F)c(-c2ccccc2)n1. The van der Waals surface area contributed by atoms with Crippen molar-refractivity contribution in [1.82, 2.24) is 9.97 Å². The van der Waals surface area contributed by atoms with E-state index in [4.69, 9.17) is 4.74 Å². The number of allylic oxidation sites excluding steroid dienone is 1. The first-order valence-electron chi connectivity index (χ1n) is 10.0. The monoisotopic (exact) mass is 429 g/mol. The quantitative estimate of drug-likeness (QED) is 0.412. The third-order valence-corrected chi connectivity index (χ3v) is 4.88. The number of hydrogen-bond acceptors (Lipinski definition) is 6. The summed E-state index contributed by atoms with van der Waals surface area (Å²) in [5.41, 5.74) is 1.80. The van der Waals surface area contributed by atoms with Crippen LogP contribution >= 0.6 is 0 Å². The average molecular weight is 429 g/mol. The number of nitrogens with zero attached hydrogens (tertiary/aromatic N) is 3. The molecule has 0 bridgehead atoms. The van der Waals surface area contributed by atoms with Gasteiger partial charge in [0.15, 0.2) is 5.82 Å². The van der Waals surface area contributed by atoms with Crippen molar-refractivity contribution < 1.29 is 13.9 Å². The molecule has 0 aliphatic heterocycles. The smallest absolute Gasteiger partial charge is 0.265 e. The number of amides is 1. The van der Waals surface area contributed by atoms with Crippen LogP contribution in [-0.4, -0.2) is 23.0 Å². The first kappa shape index (κ1) is 21.0. The van der Waals surface area contributed by atoms with Crippen LogP contribution in [0.5, 0.6) is 5.75 Å². The predicted molar refractivity (Wildman–Crippen MR) is 119 cm³/mol. The highest BCUT2D eigenvalue weighted by Crippen LogP contribution is 2.33. The number of nitriles is 1. The number of hydrogen-bond donors (Lipinski definition) is 2. The van der Waals surface area contributed by atoms with Gasteiger partial charge in [-0.15, -0.1) is 0 Å². The van der Waals surface area contributed by atoms with Crippen molar-refractivity contribution in [2.24, 2.45) is 5.92 Å². The Morgan fingerprint density at radius 2 is 2.03 bits per heavy atom. The third kappa shape index (κ3) is 4.90. The number of ether oxygens (including phenoxy) is 1. The summed E-state index contributed by atoms with van der Waals surface area (Å²) in [6.07, 6.45) is 4.79. The lowest BCUT2D eigenvalue weighted by Crippen LogP contribution is -2.14. The maximum absolute atomic E-state index is 14.3. The molecule has 0 unspecified atom stereocenters. The van der Waals surface area contributed by atoms with E-state index < -0.39 is 11.7 Å². The molecule has 1 aliphatic rings. The predicted octanol–water partition coefficient (Wildman–Crippen LogP) is 4.83. The van der Waals surface area contributed by atoms with Crippen LogP contribution in [0.1, 0.15) is 12.8 Å². The van der Waals surface area contributed by atoms with Crippen molar-refractivity contribution in [1.29, 1.82) is 5.26 Å². The van der Waals surface area contributed by atoms with Gasteiger partial charge >= 0.3 is 0 Å². The molecule has 1 heterocycles. The van der Waals surface area contributed by atoms with E-state index in [-0.39, 0.29) is 17.2 Å². The van der Waals surface area contributed by atoms with Crippen LogP contribution in [0.25, 0.3) is 11.3 Å². The second kappa shape index (κ2) is 9.27. The lowest BCUT2D eigenvalue weighted by atomic mass is 10.1. The first-order chi connectivity index (χ1) is 15.6. The summed E-state index contributed by atoms with van der Waals surface area (Å²) in [5, 5.41) is 15.0. The normalized spacial score (nSPS) is 13.2. The van der Waals surface area contributed by atoms with Crippen molar-refractivity contribution in [3.63, 3.8) is 0 Å². The highest BCUT2D eigenvalue weighted by Gasteiger charge is 2.22. The van der Waals surface area contributed by atoms with Crippen molar-refractivity contribution in [3.8, 4) is 23.1 Å². The molecule has 7 nitrogen and oxygen atoms in total. The van der Waals surface area contributed by atoms with Crippen molar-refractivity contribution in [3.05, 3.63) is 72.2 Å². The fourth-order valence-corrected chi connectivity index (χ4v) is 3.09. The molecule has 1 aliphatic carbocycles. The molecular weight excluding hydrogens is 409 g/mol. The summed E-state index contributed by atoms with van der Waals surface area (Å²) < 4.78 is 19.7. The molecule has 8 heteroatoms. The molecule has 1 aromatic heterocycles. The minimum Gasteiger partial charge on any atom is -0.495 e. The zero-order chi connectivity index (χ0) is 22.5. The van der Waals surface area contributed by atoms with Crippen LogP contribution in [0.3, 0.4) is 0 Å². The molecular formula is C24H20FN5O2. The van der Waals surface area contributed by atoms with E-state index in [1.807, 2.05) is 12.1 Å². The molecule has 0 spiro atoms. The Morgan fingerprint density at radius 1 is 1.25 bits per heavy atom. The summed E-state index contributed by atoms with van der Waals surface area (Å²) >= 11 is 0. The summed E-state index contributed by atoms with van der Waals surface area (Å²) in [7, 11) is 1.51.